The topological polar surface area (TPSA) is 102 Å². The van der Waals surface area contributed by atoms with E-state index in [0.29, 0.717) is 11.6 Å². The summed E-state index contributed by atoms with van der Waals surface area (Å²) in [6, 6.07) is 6.14. The number of hydrogen-bond acceptors (Lipinski definition) is 5. The molecule has 0 bridgehead atoms. The van der Waals surface area contributed by atoms with Crippen LogP contribution in [0.2, 0.25) is 5.02 Å². The Labute approximate surface area is 136 Å². The molecule has 0 aliphatic heterocycles. The van der Waals surface area contributed by atoms with E-state index in [1.54, 1.807) is 12.1 Å². The Balaban J connectivity index is 1.65. The fourth-order valence-corrected chi connectivity index (χ4v) is 2.23. The second-order valence-corrected chi connectivity index (χ2v) is 5.58. The Bertz CT molecular complexity index is 754. The molecule has 2 aromatic rings. The van der Waals surface area contributed by atoms with Gasteiger partial charge < -0.3 is 19.7 Å². The predicted molar refractivity (Wildman–Crippen MR) is 81.0 cm³/mol. The lowest BCUT2D eigenvalue weighted by atomic mass is 10.2. The van der Waals surface area contributed by atoms with E-state index in [1.807, 2.05) is 0 Å². The number of ether oxygens (including phenoxy) is 1. The number of aliphatic carboxylic acids is 1. The smallest absolute Gasteiger partial charge is 0.341 e. The number of carboxylic acids is 1. The molecule has 120 valence electrons. The first kappa shape index (κ1) is 15.4. The molecule has 0 atom stereocenters. The summed E-state index contributed by atoms with van der Waals surface area (Å²) in [6.07, 6.45) is 2.14. The summed E-state index contributed by atoms with van der Waals surface area (Å²) >= 11 is 5.99. The molecule has 1 heterocycles. The minimum atomic E-state index is -1.10. The lowest BCUT2D eigenvalue weighted by molar-refractivity contribution is -0.139. The van der Waals surface area contributed by atoms with Crippen molar-refractivity contribution in [2.24, 2.45) is 0 Å². The maximum Gasteiger partial charge on any atom is 0.341 e. The number of carboxylic acid groups (broad SMARTS) is 1. The van der Waals surface area contributed by atoms with Gasteiger partial charge in [0.1, 0.15) is 5.75 Å². The number of carbonyl (C=O) groups is 2. The van der Waals surface area contributed by atoms with Gasteiger partial charge >= 0.3 is 5.97 Å². The highest BCUT2D eigenvalue weighted by atomic mass is 35.5. The van der Waals surface area contributed by atoms with Crippen LogP contribution in [0.25, 0.3) is 0 Å². The highest BCUT2D eigenvalue weighted by Crippen LogP contribution is 2.39. The molecule has 1 fully saturated rings. The third-order valence-electron chi connectivity index (χ3n) is 3.29. The zero-order valence-electron chi connectivity index (χ0n) is 11.9. The van der Waals surface area contributed by atoms with Crippen LogP contribution in [0.5, 0.6) is 5.75 Å². The maximum absolute atomic E-state index is 12.1. The number of anilines is 1. The minimum absolute atomic E-state index is 0.134. The van der Waals surface area contributed by atoms with Crippen LogP contribution in [0.15, 0.2) is 28.8 Å². The number of halogens is 1. The minimum Gasteiger partial charge on any atom is -0.480 e. The van der Waals surface area contributed by atoms with Gasteiger partial charge in [0.25, 0.3) is 5.91 Å². The van der Waals surface area contributed by atoms with Crippen LogP contribution in [0.4, 0.5) is 5.69 Å². The van der Waals surface area contributed by atoms with Crippen molar-refractivity contribution in [3.8, 4) is 5.75 Å². The maximum atomic E-state index is 12.1. The van der Waals surface area contributed by atoms with Gasteiger partial charge in [-0.05, 0) is 31.0 Å². The van der Waals surface area contributed by atoms with Gasteiger partial charge in [-0.2, -0.15) is 0 Å². The summed E-state index contributed by atoms with van der Waals surface area (Å²) in [5, 5.41) is 15.3. The van der Waals surface area contributed by atoms with Gasteiger partial charge in [0.05, 0.1) is 10.7 Å². The lowest BCUT2D eigenvalue weighted by Crippen LogP contribution is -2.12. The SMILES string of the molecule is O=C(O)COc1ccc(NC(=O)c2cc(C3CC3)no2)cc1Cl. The standard InChI is InChI=1S/C15H13ClN2O5/c16-10-5-9(3-4-12(10)22-7-14(19)20)17-15(21)13-6-11(18-23-13)8-1-2-8/h3-6,8H,1-2,7H2,(H,17,21)(H,19,20). The van der Waals surface area contributed by atoms with Crippen LogP contribution in [0.1, 0.15) is 35.0 Å². The molecule has 1 aliphatic carbocycles. The molecular weight excluding hydrogens is 324 g/mol. The van der Waals surface area contributed by atoms with Gasteiger partial charge in [0, 0.05) is 17.7 Å². The molecule has 1 aromatic carbocycles. The van der Waals surface area contributed by atoms with Crippen LogP contribution < -0.4 is 10.1 Å². The second-order valence-electron chi connectivity index (χ2n) is 5.17. The molecule has 0 unspecified atom stereocenters. The van der Waals surface area contributed by atoms with Crippen molar-refractivity contribution in [2.75, 3.05) is 11.9 Å². The zero-order valence-corrected chi connectivity index (χ0v) is 12.7. The Morgan fingerprint density at radius 3 is 2.83 bits per heavy atom. The van der Waals surface area contributed by atoms with Crippen LogP contribution in [0, 0.1) is 0 Å². The van der Waals surface area contributed by atoms with Crippen molar-refractivity contribution < 1.29 is 24.0 Å². The average Bonchev–Trinajstić information content (AvgIpc) is 3.23. The molecule has 1 aliphatic rings. The van der Waals surface area contributed by atoms with E-state index in [-0.39, 0.29) is 16.5 Å². The quantitative estimate of drug-likeness (QED) is 0.841. The molecular formula is C15H13ClN2O5. The number of amides is 1. The number of carbonyl (C=O) groups excluding carboxylic acids is 1. The number of hydrogen-bond donors (Lipinski definition) is 2. The van der Waals surface area contributed by atoms with E-state index in [1.165, 1.54) is 12.1 Å². The molecule has 0 radical (unpaired) electrons. The van der Waals surface area contributed by atoms with Gasteiger partial charge in [-0.1, -0.05) is 16.8 Å². The third kappa shape index (κ3) is 3.81. The number of nitrogens with one attached hydrogen (secondary N) is 1. The summed E-state index contributed by atoms with van der Waals surface area (Å²) < 4.78 is 10.0. The van der Waals surface area contributed by atoms with Crippen LogP contribution in [-0.4, -0.2) is 28.7 Å². The van der Waals surface area contributed by atoms with Gasteiger partial charge in [-0.3, -0.25) is 4.79 Å². The molecule has 0 saturated heterocycles. The number of nitrogens with zero attached hydrogens (tertiary/aromatic N) is 1. The molecule has 0 spiro atoms. The Morgan fingerprint density at radius 2 is 2.17 bits per heavy atom. The second kappa shape index (κ2) is 6.29. The number of benzene rings is 1. The largest absolute Gasteiger partial charge is 0.480 e. The number of rotatable bonds is 6. The van der Waals surface area contributed by atoms with Crippen molar-refractivity contribution in [3.05, 3.63) is 40.7 Å². The van der Waals surface area contributed by atoms with Crippen molar-refractivity contribution in [2.45, 2.75) is 18.8 Å². The molecule has 3 rings (SSSR count). The van der Waals surface area contributed by atoms with Crippen molar-refractivity contribution in [3.63, 3.8) is 0 Å². The van der Waals surface area contributed by atoms with E-state index in [2.05, 4.69) is 10.5 Å². The van der Waals surface area contributed by atoms with Crippen LogP contribution in [-0.2, 0) is 4.79 Å². The molecule has 7 nitrogen and oxygen atoms in total. The van der Waals surface area contributed by atoms with Gasteiger partial charge in [0.15, 0.2) is 6.61 Å². The third-order valence-corrected chi connectivity index (χ3v) is 3.58. The Morgan fingerprint density at radius 1 is 1.39 bits per heavy atom. The highest BCUT2D eigenvalue weighted by Gasteiger charge is 2.28. The van der Waals surface area contributed by atoms with E-state index >= 15 is 0 Å². The fourth-order valence-electron chi connectivity index (χ4n) is 2.00. The van der Waals surface area contributed by atoms with E-state index in [0.717, 1.165) is 18.5 Å². The molecule has 1 amide bonds. The van der Waals surface area contributed by atoms with Crippen molar-refractivity contribution in [1.82, 2.24) is 5.16 Å². The molecule has 23 heavy (non-hydrogen) atoms. The first-order valence-electron chi connectivity index (χ1n) is 6.95. The van der Waals surface area contributed by atoms with Gasteiger partial charge in [-0.15, -0.1) is 0 Å². The lowest BCUT2D eigenvalue weighted by Gasteiger charge is -2.08. The van der Waals surface area contributed by atoms with Gasteiger partial charge in [0.2, 0.25) is 5.76 Å². The Kier molecular flexibility index (Phi) is 4.20. The molecule has 1 aromatic heterocycles. The molecule has 1 saturated carbocycles. The average molecular weight is 337 g/mol. The fraction of sp³-hybridized carbons (Fsp3) is 0.267. The molecule has 2 N–H and O–H groups in total. The van der Waals surface area contributed by atoms with E-state index in [9.17, 15) is 9.59 Å². The summed E-state index contributed by atoms with van der Waals surface area (Å²) in [6.45, 7) is -0.493. The Hall–Kier alpha value is -2.54. The van der Waals surface area contributed by atoms with E-state index < -0.39 is 18.5 Å². The van der Waals surface area contributed by atoms with Crippen molar-refractivity contribution >= 4 is 29.2 Å². The van der Waals surface area contributed by atoms with E-state index in [4.69, 9.17) is 26.0 Å². The zero-order chi connectivity index (χ0) is 16.4. The summed E-state index contributed by atoms with van der Waals surface area (Å²) in [4.78, 5) is 22.6. The summed E-state index contributed by atoms with van der Waals surface area (Å²) in [7, 11) is 0. The predicted octanol–water partition coefficient (Wildman–Crippen LogP) is 2.92. The summed E-state index contributed by atoms with van der Waals surface area (Å²) in [5.41, 5.74) is 1.23. The van der Waals surface area contributed by atoms with Crippen molar-refractivity contribution in [1.29, 1.82) is 0 Å². The molecule has 8 heteroatoms. The summed E-state index contributed by atoms with van der Waals surface area (Å²) in [5.74, 6) is -0.771. The monoisotopic (exact) mass is 336 g/mol. The first-order valence-corrected chi connectivity index (χ1v) is 7.33. The van der Waals surface area contributed by atoms with Gasteiger partial charge in [-0.25, -0.2) is 4.79 Å². The first-order chi connectivity index (χ1) is 11.0. The van der Waals surface area contributed by atoms with Crippen LogP contribution in [0.3, 0.4) is 0 Å². The number of aromatic nitrogens is 1. The highest BCUT2D eigenvalue weighted by molar-refractivity contribution is 6.32. The van der Waals surface area contributed by atoms with Crippen LogP contribution >= 0.6 is 11.6 Å². The normalized spacial score (nSPS) is 13.6.